The summed E-state index contributed by atoms with van der Waals surface area (Å²) in [4.78, 5) is 2.46. The molecule has 0 radical (unpaired) electrons. The lowest BCUT2D eigenvalue weighted by atomic mass is 9.49. The Kier molecular flexibility index (Phi) is 1.61. The molecule has 1 heterocycles. The first kappa shape index (κ1) is 8.55. The van der Waals surface area contributed by atoms with Crippen LogP contribution in [-0.2, 0) is 0 Å². The van der Waals surface area contributed by atoms with Gasteiger partial charge < -0.3 is 4.90 Å². The van der Waals surface area contributed by atoms with Gasteiger partial charge in [0.1, 0.15) is 0 Å². The van der Waals surface area contributed by atoms with Gasteiger partial charge >= 0.3 is 0 Å². The molecule has 1 heteroatoms. The summed E-state index contributed by atoms with van der Waals surface area (Å²) in [5.41, 5.74) is 1.28. The van der Waals surface area contributed by atoms with Gasteiger partial charge in [0.2, 0.25) is 0 Å². The first-order valence-corrected chi connectivity index (χ1v) is 5.13. The van der Waals surface area contributed by atoms with Gasteiger partial charge in [-0.1, -0.05) is 20.8 Å². The summed E-state index contributed by atoms with van der Waals surface area (Å²) in [5, 5.41) is 0. The van der Waals surface area contributed by atoms with Gasteiger partial charge in [-0.05, 0) is 36.6 Å². The second-order valence-electron chi connectivity index (χ2n) is 5.99. The molecule has 1 saturated carbocycles. The van der Waals surface area contributed by atoms with E-state index in [4.69, 9.17) is 0 Å². The number of hydrogen-bond acceptors (Lipinski definition) is 1. The Morgan fingerprint density at radius 1 is 1.25 bits per heavy atom. The van der Waals surface area contributed by atoms with Gasteiger partial charge in [0.15, 0.2) is 0 Å². The minimum Gasteiger partial charge on any atom is -0.305 e. The molecule has 2 fully saturated rings. The van der Waals surface area contributed by atoms with Crippen LogP contribution < -0.4 is 0 Å². The van der Waals surface area contributed by atoms with Gasteiger partial charge in [-0.3, -0.25) is 0 Å². The molecule has 1 saturated heterocycles. The predicted octanol–water partition coefficient (Wildman–Crippen LogP) is 2.37. The van der Waals surface area contributed by atoms with E-state index in [2.05, 4.69) is 32.7 Å². The number of nitrogens with zero attached hydrogens (tertiary/aromatic N) is 1. The van der Waals surface area contributed by atoms with E-state index in [1.807, 2.05) is 0 Å². The van der Waals surface area contributed by atoms with Crippen LogP contribution in [0.5, 0.6) is 0 Å². The highest BCUT2D eigenvalue weighted by molar-refractivity contribution is 5.08. The van der Waals surface area contributed by atoms with Gasteiger partial charge in [-0.15, -0.1) is 0 Å². The lowest BCUT2D eigenvalue weighted by molar-refractivity contribution is -0.142. The normalized spacial score (nSPS) is 34.5. The highest BCUT2D eigenvalue weighted by Gasteiger charge is 2.56. The summed E-state index contributed by atoms with van der Waals surface area (Å²) in [6.45, 7) is 9.91. The fraction of sp³-hybridized carbons (Fsp3) is 1.00. The van der Waals surface area contributed by atoms with Crippen LogP contribution in [0.3, 0.4) is 0 Å². The van der Waals surface area contributed by atoms with Crippen molar-refractivity contribution in [3.05, 3.63) is 0 Å². The van der Waals surface area contributed by atoms with Gasteiger partial charge in [-0.25, -0.2) is 0 Å². The SMILES string of the molecule is CN1CC2(CCC2C(C)(C)C)C1. The Morgan fingerprint density at radius 2 is 1.83 bits per heavy atom. The Hall–Kier alpha value is -0.0400. The molecule has 0 N–H and O–H groups in total. The molecule has 0 aromatic carbocycles. The van der Waals surface area contributed by atoms with Gasteiger partial charge in [0, 0.05) is 13.1 Å². The minimum absolute atomic E-state index is 0.541. The average molecular weight is 167 g/mol. The van der Waals surface area contributed by atoms with E-state index in [-0.39, 0.29) is 0 Å². The Balaban J connectivity index is 2.03. The third kappa shape index (κ3) is 1.02. The van der Waals surface area contributed by atoms with Crippen molar-refractivity contribution in [2.45, 2.75) is 33.6 Å². The van der Waals surface area contributed by atoms with E-state index >= 15 is 0 Å². The van der Waals surface area contributed by atoms with Crippen LogP contribution in [0.15, 0.2) is 0 Å². The van der Waals surface area contributed by atoms with E-state index in [1.165, 1.54) is 25.9 Å². The highest BCUT2D eigenvalue weighted by Crippen LogP contribution is 2.58. The molecule has 2 aliphatic rings. The molecule has 1 aliphatic heterocycles. The number of rotatable bonds is 0. The third-order valence-corrected chi connectivity index (χ3v) is 3.89. The Bertz CT molecular complexity index is 184. The van der Waals surface area contributed by atoms with Gasteiger partial charge in [0.25, 0.3) is 0 Å². The van der Waals surface area contributed by atoms with Crippen LogP contribution in [0.4, 0.5) is 0 Å². The second-order valence-corrected chi connectivity index (χ2v) is 5.99. The zero-order valence-corrected chi connectivity index (χ0v) is 8.85. The maximum atomic E-state index is 2.46. The van der Waals surface area contributed by atoms with Crippen molar-refractivity contribution in [3.63, 3.8) is 0 Å². The lowest BCUT2D eigenvalue weighted by Crippen LogP contribution is -2.65. The fourth-order valence-corrected chi connectivity index (χ4v) is 3.46. The molecule has 0 aromatic rings. The van der Waals surface area contributed by atoms with E-state index in [0.717, 1.165) is 11.3 Å². The third-order valence-electron chi connectivity index (χ3n) is 3.89. The first-order chi connectivity index (χ1) is 5.44. The molecule has 0 bridgehead atoms. The maximum Gasteiger partial charge on any atom is 0.00503 e. The summed E-state index contributed by atoms with van der Waals surface area (Å²) in [5.74, 6) is 0.987. The molecular weight excluding hydrogens is 146 g/mol. The van der Waals surface area contributed by atoms with Gasteiger partial charge in [-0.2, -0.15) is 0 Å². The van der Waals surface area contributed by atoms with Crippen molar-refractivity contribution in [1.82, 2.24) is 4.90 Å². The Morgan fingerprint density at radius 3 is 2.08 bits per heavy atom. The summed E-state index contributed by atoms with van der Waals surface area (Å²) in [7, 11) is 2.24. The summed E-state index contributed by atoms with van der Waals surface area (Å²) in [6.07, 6.45) is 2.95. The molecule has 1 nitrogen and oxygen atoms in total. The van der Waals surface area contributed by atoms with Crippen LogP contribution in [-0.4, -0.2) is 25.0 Å². The predicted molar refractivity (Wildman–Crippen MR) is 52.1 cm³/mol. The van der Waals surface area contributed by atoms with Crippen molar-refractivity contribution >= 4 is 0 Å². The van der Waals surface area contributed by atoms with E-state index in [9.17, 15) is 0 Å². The van der Waals surface area contributed by atoms with Crippen LogP contribution in [0.2, 0.25) is 0 Å². The first-order valence-electron chi connectivity index (χ1n) is 5.13. The topological polar surface area (TPSA) is 3.24 Å². The van der Waals surface area contributed by atoms with E-state index in [1.54, 1.807) is 0 Å². The van der Waals surface area contributed by atoms with Crippen LogP contribution in [0.25, 0.3) is 0 Å². The van der Waals surface area contributed by atoms with Crippen molar-refractivity contribution in [1.29, 1.82) is 0 Å². The van der Waals surface area contributed by atoms with Crippen LogP contribution in [0.1, 0.15) is 33.6 Å². The summed E-state index contributed by atoms with van der Waals surface area (Å²) >= 11 is 0. The van der Waals surface area contributed by atoms with Crippen LogP contribution >= 0.6 is 0 Å². The molecule has 70 valence electrons. The summed E-state index contributed by atoms with van der Waals surface area (Å²) < 4.78 is 0. The van der Waals surface area contributed by atoms with E-state index < -0.39 is 0 Å². The van der Waals surface area contributed by atoms with Crippen molar-refractivity contribution in [3.8, 4) is 0 Å². The van der Waals surface area contributed by atoms with Crippen LogP contribution in [0, 0.1) is 16.7 Å². The molecule has 2 rings (SSSR count). The smallest absolute Gasteiger partial charge is 0.00503 e. The molecule has 12 heavy (non-hydrogen) atoms. The molecule has 1 unspecified atom stereocenters. The standard InChI is InChI=1S/C11H21N/c1-10(2,3)9-5-6-11(9)7-12(4)8-11/h9H,5-8H2,1-4H3. The lowest BCUT2D eigenvalue weighted by Gasteiger charge is -2.64. The number of hydrogen-bond donors (Lipinski definition) is 0. The van der Waals surface area contributed by atoms with Crippen molar-refractivity contribution < 1.29 is 0 Å². The van der Waals surface area contributed by atoms with E-state index in [0.29, 0.717) is 5.41 Å². The molecular formula is C11H21N. The molecule has 1 atom stereocenters. The second kappa shape index (κ2) is 2.25. The maximum absolute atomic E-state index is 2.46. The largest absolute Gasteiger partial charge is 0.305 e. The molecule has 1 aliphatic carbocycles. The number of likely N-dealkylation sites (tertiary alicyclic amines) is 1. The summed E-state index contributed by atoms with van der Waals surface area (Å²) in [6, 6.07) is 0. The zero-order chi connectivity index (χ0) is 8.98. The molecule has 0 amide bonds. The van der Waals surface area contributed by atoms with Crippen molar-refractivity contribution in [2.24, 2.45) is 16.7 Å². The van der Waals surface area contributed by atoms with Crippen molar-refractivity contribution in [2.75, 3.05) is 20.1 Å². The average Bonchev–Trinajstić information content (AvgIpc) is 1.72. The van der Waals surface area contributed by atoms with Gasteiger partial charge in [0.05, 0.1) is 0 Å². The Labute approximate surface area is 76.1 Å². The fourth-order valence-electron chi connectivity index (χ4n) is 3.46. The highest BCUT2D eigenvalue weighted by atomic mass is 15.2. The molecule has 0 aromatic heterocycles. The zero-order valence-electron chi connectivity index (χ0n) is 8.85. The molecule has 1 spiro atoms. The quantitative estimate of drug-likeness (QED) is 0.535. The minimum atomic E-state index is 0.541. The monoisotopic (exact) mass is 167 g/mol.